The van der Waals surface area contributed by atoms with Crippen LogP contribution in [-0.4, -0.2) is 18.4 Å². The number of fused-ring (bicyclic) bond motifs is 1. The summed E-state index contributed by atoms with van der Waals surface area (Å²) in [4.78, 5) is 25.6. The Labute approximate surface area is 130 Å². The summed E-state index contributed by atoms with van der Waals surface area (Å²) in [5.41, 5.74) is 2.50. The van der Waals surface area contributed by atoms with E-state index < -0.39 is 0 Å². The fourth-order valence-corrected chi connectivity index (χ4v) is 2.74. The molecule has 1 aromatic heterocycles. The van der Waals surface area contributed by atoms with E-state index in [0.29, 0.717) is 23.3 Å². The van der Waals surface area contributed by atoms with Gasteiger partial charge in [0.05, 0.1) is 6.42 Å². The van der Waals surface area contributed by atoms with E-state index in [-0.39, 0.29) is 17.6 Å². The Bertz CT molecular complexity index is 723. The summed E-state index contributed by atoms with van der Waals surface area (Å²) in [6.45, 7) is 2.59. The van der Waals surface area contributed by atoms with Crippen LogP contribution in [0.4, 0.5) is 11.4 Å². The van der Waals surface area contributed by atoms with E-state index in [0.717, 1.165) is 11.3 Å². The third-order valence-electron chi connectivity index (χ3n) is 3.38. The predicted molar refractivity (Wildman–Crippen MR) is 82.5 cm³/mol. The monoisotopic (exact) mass is 348 g/mol. The number of furan rings is 1. The lowest BCUT2D eigenvalue weighted by Gasteiger charge is -2.14. The van der Waals surface area contributed by atoms with Crippen LogP contribution >= 0.6 is 15.9 Å². The van der Waals surface area contributed by atoms with Crippen molar-refractivity contribution in [3.63, 3.8) is 0 Å². The van der Waals surface area contributed by atoms with Crippen LogP contribution in [0.5, 0.6) is 0 Å². The maximum absolute atomic E-state index is 12.0. The van der Waals surface area contributed by atoms with E-state index in [1.165, 1.54) is 0 Å². The van der Waals surface area contributed by atoms with Gasteiger partial charge in [-0.1, -0.05) is 0 Å². The van der Waals surface area contributed by atoms with Crippen LogP contribution in [0.1, 0.15) is 23.0 Å². The standard InChI is InChI=1S/C15H13BrN2O3/c1-2-18-11-4-3-10(7-9(11)8-14(18)19)17-15(20)12-5-6-13(16)21-12/h3-7H,2,8H2,1H3,(H,17,20). The summed E-state index contributed by atoms with van der Waals surface area (Å²) in [5, 5.41) is 2.77. The molecule has 5 nitrogen and oxygen atoms in total. The van der Waals surface area contributed by atoms with E-state index in [1.54, 1.807) is 23.1 Å². The molecule has 0 saturated carbocycles. The molecule has 21 heavy (non-hydrogen) atoms. The van der Waals surface area contributed by atoms with Gasteiger partial charge in [-0.25, -0.2) is 0 Å². The van der Waals surface area contributed by atoms with Crippen molar-refractivity contribution in [3.05, 3.63) is 46.3 Å². The molecular formula is C15H13BrN2O3. The molecule has 1 aliphatic rings. The summed E-state index contributed by atoms with van der Waals surface area (Å²) in [7, 11) is 0. The average molecular weight is 349 g/mol. The van der Waals surface area contributed by atoms with E-state index in [1.807, 2.05) is 19.1 Å². The highest BCUT2D eigenvalue weighted by atomic mass is 79.9. The predicted octanol–water partition coefficient (Wildman–Crippen LogP) is 3.20. The molecule has 1 N–H and O–H groups in total. The average Bonchev–Trinajstić information content (AvgIpc) is 3.01. The minimum atomic E-state index is -0.322. The number of hydrogen-bond acceptors (Lipinski definition) is 3. The molecule has 108 valence electrons. The van der Waals surface area contributed by atoms with Gasteiger partial charge in [-0.2, -0.15) is 0 Å². The van der Waals surface area contributed by atoms with Gasteiger partial charge in [0.2, 0.25) is 5.91 Å². The second-order valence-electron chi connectivity index (χ2n) is 4.72. The highest BCUT2D eigenvalue weighted by Gasteiger charge is 2.26. The smallest absolute Gasteiger partial charge is 0.291 e. The van der Waals surface area contributed by atoms with Gasteiger partial charge in [0.25, 0.3) is 5.91 Å². The van der Waals surface area contributed by atoms with E-state index in [2.05, 4.69) is 21.2 Å². The van der Waals surface area contributed by atoms with Gasteiger partial charge >= 0.3 is 0 Å². The molecule has 6 heteroatoms. The Morgan fingerprint density at radius 2 is 2.19 bits per heavy atom. The molecule has 2 aromatic rings. The Hall–Kier alpha value is -2.08. The maximum Gasteiger partial charge on any atom is 0.291 e. The third-order valence-corrected chi connectivity index (χ3v) is 3.81. The molecule has 2 heterocycles. The second kappa shape index (κ2) is 5.37. The lowest BCUT2D eigenvalue weighted by atomic mass is 10.1. The van der Waals surface area contributed by atoms with Crippen LogP contribution in [0.3, 0.4) is 0 Å². The molecule has 0 bridgehead atoms. The van der Waals surface area contributed by atoms with E-state index in [9.17, 15) is 9.59 Å². The fourth-order valence-electron chi connectivity index (χ4n) is 2.44. The van der Waals surface area contributed by atoms with Crippen LogP contribution in [0.25, 0.3) is 0 Å². The SMILES string of the molecule is CCN1C(=O)Cc2cc(NC(=O)c3ccc(Br)o3)ccc21. The van der Waals surface area contributed by atoms with Crippen molar-refractivity contribution in [2.45, 2.75) is 13.3 Å². The summed E-state index contributed by atoms with van der Waals surface area (Å²) in [5.74, 6) is -0.00287. The molecule has 0 spiro atoms. The first kappa shape index (κ1) is 13.9. The number of nitrogens with one attached hydrogen (secondary N) is 1. The lowest BCUT2D eigenvalue weighted by molar-refractivity contribution is -0.117. The van der Waals surface area contributed by atoms with Gasteiger partial charge in [0.1, 0.15) is 0 Å². The zero-order chi connectivity index (χ0) is 15.0. The topological polar surface area (TPSA) is 62.6 Å². The minimum Gasteiger partial charge on any atom is -0.444 e. The number of nitrogens with zero attached hydrogens (tertiary/aromatic N) is 1. The Morgan fingerprint density at radius 3 is 2.86 bits per heavy atom. The number of carbonyl (C=O) groups is 2. The first-order valence-corrected chi connectivity index (χ1v) is 7.37. The highest BCUT2D eigenvalue weighted by molar-refractivity contribution is 9.10. The lowest BCUT2D eigenvalue weighted by Crippen LogP contribution is -2.25. The molecule has 1 aliphatic heterocycles. The van der Waals surface area contributed by atoms with E-state index in [4.69, 9.17) is 4.42 Å². The molecule has 0 radical (unpaired) electrons. The van der Waals surface area contributed by atoms with Crippen molar-refractivity contribution in [3.8, 4) is 0 Å². The fraction of sp³-hybridized carbons (Fsp3) is 0.200. The zero-order valence-corrected chi connectivity index (χ0v) is 12.9. The van der Waals surface area contributed by atoms with Crippen molar-refractivity contribution >= 4 is 39.1 Å². The molecule has 0 atom stereocenters. The summed E-state index contributed by atoms with van der Waals surface area (Å²) in [6.07, 6.45) is 0.374. The van der Waals surface area contributed by atoms with Gasteiger partial charge in [-0.3, -0.25) is 9.59 Å². The largest absolute Gasteiger partial charge is 0.444 e. The molecule has 1 aromatic carbocycles. The first-order chi connectivity index (χ1) is 10.1. The Kier molecular flexibility index (Phi) is 3.55. The van der Waals surface area contributed by atoms with Crippen LogP contribution < -0.4 is 10.2 Å². The third kappa shape index (κ3) is 2.58. The molecule has 3 rings (SSSR count). The molecular weight excluding hydrogens is 336 g/mol. The molecule has 0 aliphatic carbocycles. The van der Waals surface area contributed by atoms with Crippen molar-refractivity contribution < 1.29 is 14.0 Å². The summed E-state index contributed by atoms with van der Waals surface area (Å²) in [6, 6.07) is 8.73. The van der Waals surface area contributed by atoms with Crippen molar-refractivity contribution in [1.82, 2.24) is 0 Å². The van der Waals surface area contributed by atoms with Crippen LogP contribution in [0.2, 0.25) is 0 Å². The second-order valence-corrected chi connectivity index (χ2v) is 5.50. The zero-order valence-electron chi connectivity index (χ0n) is 11.4. The van der Waals surface area contributed by atoms with Crippen molar-refractivity contribution in [1.29, 1.82) is 0 Å². The van der Waals surface area contributed by atoms with E-state index >= 15 is 0 Å². The van der Waals surface area contributed by atoms with Crippen LogP contribution in [-0.2, 0) is 11.2 Å². The molecule has 0 unspecified atom stereocenters. The number of hydrogen-bond donors (Lipinski definition) is 1. The molecule has 0 fully saturated rings. The van der Waals surface area contributed by atoms with Crippen LogP contribution in [0, 0.1) is 0 Å². The molecule has 2 amide bonds. The van der Waals surface area contributed by atoms with Crippen LogP contribution in [0.15, 0.2) is 39.4 Å². The van der Waals surface area contributed by atoms with Gasteiger partial charge < -0.3 is 14.6 Å². The number of anilines is 2. The number of amides is 2. The minimum absolute atomic E-state index is 0.0888. The number of likely N-dealkylation sites (N-methyl/N-ethyl adjacent to an activating group) is 1. The number of benzene rings is 1. The number of rotatable bonds is 3. The quantitative estimate of drug-likeness (QED) is 0.926. The summed E-state index contributed by atoms with van der Waals surface area (Å²) < 4.78 is 5.71. The normalized spacial score (nSPS) is 13.4. The first-order valence-electron chi connectivity index (χ1n) is 6.58. The highest BCUT2D eigenvalue weighted by Crippen LogP contribution is 2.31. The summed E-state index contributed by atoms with van der Waals surface area (Å²) >= 11 is 3.16. The Morgan fingerprint density at radius 1 is 1.38 bits per heavy atom. The van der Waals surface area contributed by atoms with Gasteiger partial charge in [0.15, 0.2) is 10.4 Å². The van der Waals surface area contributed by atoms with Crippen molar-refractivity contribution in [2.75, 3.05) is 16.8 Å². The molecule has 0 saturated heterocycles. The number of carbonyl (C=O) groups excluding carboxylic acids is 2. The maximum atomic E-state index is 12.0. The van der Waals surface area contributed by atoms with Gasteiger partial charge in [0, 0.05) is 17.9 Å². The van der Waals surface area contributed by atoms with Crippen molar-refractivity contribution in [2.24, 2.45) is 0 Å². The van der Waals surface area contributed by atoms with Gasteiger partial charge in [-0.05, 0) is 58.7 Å². The Balaban J connectivity index is 1.81. The number of halogens is 1. The van der Waals surface area contributed by atoms with Gasteiger partial charge in [-0.15, -0.1) is 0 Å².